The maximum atomic E-state index is 13.2. The molecule has 0 spiro atoms. The van der Waals surface area contributed by atoms with Gasteiger partial charge in [0, 0.05) is 36.7 Å². The number of nitrogens with one attached hydrogen (secondary N) is 1. The van der Waals surface area contributed by atoms with E-state index in [0.717, 1.165) is 16.8 Å². The molecule has 4 aromatic rings. The van der Waals surface area contributed by atoms with E-state index < -0.39 is 6.04 Å². The molecule has 5 rings (SSSR count). The molecule has 9 nitrogen and oxygen atoms in total. The second-order valence-corrected chi connectivity index (χ2v) is 7.78. The van der Waals surface area contributed by atoms with Crippen molar-refractivity contribution >= 4 is 23.2 Å². The Hall–Kier alpha value is -4.40. The van der Waals surface area contributed by atoms with Gasteiger partial charge in [-0.05, 0) is 58.3 Å². The maximum absolute atomic E-state index is 13.2. The normalized spacial score (nSPS) is 13.4. The highest BCUT2D eigenvalue weighted by molar-refractivity contribution is 6.07. The van der Waals surface area contributed by atoms with Crippen LogP contribution in [0.4, 0.5) is 11.4 Å². The Bertz CT molecular complexity index is 1260. The van der Waals surface area contributed by atoms with E-state index in [1.54, 1.807) is 29.4 Å². The van der Waals surface area contributed by atoms with Crippen LogP contribution in [0.3, 0.4) is 0 Å². The quantitative estimate of drug-likeness (QED) is 0.495. The number of fused-ring (bicyclic) bond motifs is 1. The van der Waals surface area contributed by atoms with Crippen LogP contribution in [0.2, 0.25) is 0 Å². The molecule has 33 heavy (non-hydrogen) atoms. The molecule has 1 N–H and O–H groups in total. The Kier molecular flexibility index (Phi) is 5.59. The lowest BCUT2D eigenvalue weighted by Gasteiger charge is -2.19. The maximum Gasteiger partial charge on any atom is 0.259 e. The van der Waals surface area contributed by atoms with E-state index in [0.29, 0.717) is 30.6 Å². The number of rotatable bonds is 6. The molecule has 0 saturated heterocycles. The lowest BCUT2D eigenvalue weighted by atomic mass is 10.1. The number of benzene rings is 2. The van der Waals surface area contributed by atoms with Crippen LogP contribution < -0.4 is 10.2 Å². The fourth-order valence-corrected chi connectivity index (χ4v) is 4.02. The summed E-state index contributed by atoms with van der Waals surface area (Å²) in [5, 5.41) is 14.3. The molecule has 164 valence electrons. The number of nitrogens with zero attached hydrogens (tertiary/aromatic N) is 6. The number of aromatic nitrogens is 5. The average molecular weight is 439 g/mol. The van der Waals surface area contributed by atoms with Crippen LogP contribution in [0.25, 0.3) is 0 Å². The van der Waals surface area contributed by atoms with Crippen LogP contribution in [-0.4, -0.2) is 43.6 Å². The Labute approximate surface area is 190 Å². The first-order valence-electron chi connectivity index (χ1n) is 10.6. The SMILES string of the molecule is O=C(Nc1ccc2c(c1)CCN2C(=O)c1cccnc1)C(Cc1ccccc1)n1cnnn1. The second kappa shape index (κ2) is 8.99. The third kappa shape index (κ3) is 4.33. The zero-order chi connectivity index (χ0) is 22.6. The minimum Gasteiger partial charge on any atom is -0.324 e. The first-order chi connectivity index (χ1) is 16.2. The predicted octanol–water partition coefficient (Wildman–Crippen LogP) is 2.69. The van der Waals surface area contributed by atoms with Gasteiger partial charge in [0.1, 0.15) is 12.4 Å². The van der Waals surface area contributed by atoms with Gasteiger partial charge in [0.15, 0.2) is 0 Å². The molecule has 9 heteroatoms. The van der Waals surface area contributed by atoms with Gasteiger partial charge in [0.25, 0.3) is 5.91 Å². The second-order valence-electron chi connectivity index (χ2n) is 7.78. The number of anilines is 2. The summed E-state index contributed by atoms with van der Waals surface area (Å²) in [6.07, 6.45) is 5.82. The van der Waals surface area contributed by atoms with Crippen molar-refractivity contribution in [2.24, 2.45) is 0 Å². The molecular formula is C24H21N7O2. The van der Waals surface area contributed by atoms with Gasteiger partial charge in [-0.25, -0.2) is 4.68 Å². The summed E-state index contributed by atoms with van der Waals surface area (Å²) in [7, 11) is 0. The Morgan fingerprint density at radius 2 is 1.94 bits per heavy atom. The number of hydrogen-bond acceptors (Lipinski definition) is 6. The molecule has 1 unspecified atom stereocenters. The van der Waals surface area contributed by atoms with Crippen LogP contribution in [-0.2, 0) is 17.6 Å². The Balaban J connectivity index is 1.34. The van der Waals surface area contributed by atoms with Crippen molar-refractivity contribution in [2.75, 3.05) is 16.8 Å². The molecular weight excluding hydrogens is 418 g/mol. The molecule has 0 saturated carbocycles. The number of tetrazole rings is 1. The Morgan fingerprint density at radius 3 is 2.70 bits per heavy atom. The predicted molar refractivity (Wildman–Crippen MR) is 122 cm³/mol. The van der Waals surface area contributed by atoms with Gasteiger partial charge in [-0.1, -0.05) is 30.3 Å². The first-order valence-corrected chi connectivity index (χ1v) is 10.6. The fraction of sp³-hybridized carbons (Fsp3) is 0.167. The minimum absolute atomic E-state index is 0.0831. The zero-order valence-electron chi connectivity index (χ0n) is 17.7. The summed E-state index contributed by atoms with van der Waals surface area (Å²) in [5.74, 6) is -0.298. The lowest BCUT2D eigenvalue weighted by molar-refractivity contribution is -0.119. The van der Waals surface area contributed by atoms with Gasteiger partial charge >= 0.3 is 0 Å². The molecule has 1 atom stereocenters. The molecule has 1 aliphatic rings. The molecule has 1 aliphatic heterocycles. The summed E-state index contributed by atoms with van der Waals surface area (Å²) < 4.78 is 1.46. The molecule has 2 aromatic carbocycles. The van der Waals surface area contributed by atoms with Gasteiger partial charge in [-0.15, -0.1) is 5.10 Å². The van der Waals surface area contributed by atoms with Crippen LogP contribution in [0.1, 0.15) is 27.5 Å². The number of pyridine rings is 1. The van der Waals surface area contributed by atoms with E-state index in [-0.39, 0.29) is 11.8 Å². The van der Waals surface area contributed by atoms with Gasteiger partial charge in [0.05, 0.1) is 5.56 Å². The molecule has 0 radical (unpaired) electrons. The third-order valence-electron chi connectivity index (χ3n) is 5.65. The fourth-order valence-electron chi connectivity index (χ4n) is 4.02. The summed E-state index contributed by atoms with van der Waals surface area (Å²) in [4.78, 5) is 31.8. The number of hydrogen-bond donors (Lipinski definition) is 1. The smallest absolute Gasteiger partial charge is 0.259 e. The highest BCUT2D eigenvalue weighted by Gasteiger charge is 2.27. The van der Waals surface area contributed by atoms with Gasteiger partial charge in [-0.3, -0.25) is 14.6 Å². The monoisotopic (exact) mass is 439 g/mol. The molecule has 2 aromatic heterocycles. The van der Waals surface area contributed by atoms with Crippen LogP contribution in [0.5, 0.6) is 0 Å². The first kappa shape index (κ1) is 20.5. The van der Waals surface area contributed by atoms with Crippen LogP contribution >= 0.6 is 0 Å². The highest BCUT2D eigenvalue weighted by atomic mass is 16.2. The van der Waals surface area contributed by atoms with Crippen LogP contribution in [0.15, 0.2) is 79.4 Å². The molecule has 3 heterocycles. The topological polar surface area (TPSA) is 106 Å². The summed E-state index contributed by atoms with van der Waals surface area (Å²) in [6, 6.07) is 18.2. The zero-order valence-corrected chi connectivity index (χ0v) is 17.7. The minimum atomic E-state index is -0.598. The molecule has 0 fully saturated rings. The average Bonchev–Trinajstić information content (AvgIpc) is 3.53. The van der Waals surface area contributed by atoms with Crippen molar-refractivity contribution in [3.63, 3.8) is 0 Å². The van der Waals surface area contributed by atoms with Crippen molar-refractivity contribution in [1.82, 2.24) is 25.2 Å². The standard InChI is InChI=1S/C24H21N7O2/c32-23(22(31-16-26-28-29-31)13-17-5-2-1-3-6-17)27-20-8-9-21-18(14-20)10-12-30(21)24(33)19-7-4-11-25-15-19/h1-9,11,14-16,22H,10,12-13H2,(H,27,32). The third-order valence-corrected chi connectivity index (χ3v) is 5.65. The van der Waals surface area contributed by atoms with E-state index in [9.17, 15) is 9.59 Å². The number of carbonyl (C=O) groups excluding carboxylic acids is 2. The summed E-state index contributed by atoms with van der Waals surface area (Å²) in [5.41, 5.74) is 4.08. The van der Waals surface area contributed by atoms with Gasteiger partial charge in [-0.2, -0.15) is 0 Å². The van der Waals surface area contributed by atoms with E-state index in [4.69, 9.17) is 0 Å². The van der Waals surface area contributed by atoms with E-state index in [1.807, 2.05) is 48.5 Å². The number of amides is 2. The van der Waals surface area contributed by atoms with Crippen molar-refractivity contribution in [3.05, 3.63) is 96.1 Å². The highest BCUT2D eigenvalue weighted by Crippen LogP contribution is 2.32. The number of carbonyl (C=O) groups is 2. The van der Waals surface area contributed by atoms with Gasteiger partial charge in [0.2, 0.25) is 5.91 Å². The van der Waals surface area contributed by atoms with E-state index in [1.165, 1.54) is 11.0 Å². The van der Waals surface area contributed by atoms with Crippen molar-refractivity contribution in [2.45, 2.75) is 18.9 Å². The van der Waals surface area contributed by atoms with E-state index in [2.05, 4.69) is 25.8 Å². The van der Waals surface area contributed by atoms with Crippen molar-refractivity contribution in [1.29, 1.82) is 0 Å². The van der Waals surface area contributed by atoms with Crippen LogP contribution in [0, 0.1) is 0 Å². The summed E-state index contributed by atoms with van der Waals surface area (Å²) in [6.45, 7) is 0.585. The van der Waals surface area contributed by atoms with Crippen molar-refractivity contribution in [3.8, 4) is 0 Å². The lowest BCUT2D eigenvalue weighted by Crippen LogP contribution is -2.29. The largest absolute Gasteiger partial charge is 0.324 e. The van der Waals surface area contributed by atoms with E-state index >= 15 is 0 Å². The van der Waals surface area contributed by atoms with Crippen molar-refractivity contribution < 1.29 is 9.59 Å². The molecule has 2 amide bonds. The Morgan fingerprint density at radius 1 is 1.06 bits per heavy atom. The molecule has 0 bridgehead atoms. The summed E-state index contributed by atoms with van der Waals surface area (Å²) >= 11 is 0. The van der Waals surface area contributed by atoms with Gasteiger partial charge < -0.3 is 10.2 Å². The molecule has 0 aliphatic carbocycles.